The molecule has 0 aliphatic carbocycles. The van der Waals surface area contributed by atoms with Crippen molar-refractivity contribution in [3.63, 3.8) is 0 Å². The number of anilines is 1. The predicted molar refractivity (Wildman–Crippen MR) is 110 cm³/mol. The number of rotatable bonds is 5. The molecule has 2 aromatic carbocycles. The van der Waals surface area contributed by atoms with Crippen LogP contribution in [0, 0.1) is 13.8 Å². The lowest BCUT2D eigenvalue weighted by atomic mass is 10.1. The summed E-state index contributed by atoms with van der Waals surface area (Å²) in [6.45, 7) is 4.23. The fraction of sp³-hybridized carbons (Fsp3) is 0.190. The van der Waals surface area contributed by atoms with Crippen LogP contribution in [0.5, 0.6) is 0 Å². The third-order valence-corrected chi connectivity index (χ3v) is 4.86. The van der Waals surface area contributed by atoms with E-state index in [1.54, 1.807) is 4.68 Å². The number of fused-ring (bicyclic) bond motifs is 1. The minimum Gasteiger partial charge on any atom is -0.324 e. The van der Waals surface area contributed by atoms with Crippen LogP contribution in [0.25, 0.3) is 11.2 Å². The van der Waals surface area contributed by atoms with E-state index in [9.17, 15) is 9.59 Å². The number of hydrogen-bond donors (Lipinski definition) is 1. The second-order valence-electron chi connectivity index (χ2n) is 6.88. The summed E-state index contributed by atoms with van der Waals surface area (Å²) in [5.41, 5.74) is 3.96. The van der Waals surface area contributed by atoms with Gasteiger partial charge >= 0.3 is 0 Å². The van der Waals surface area contributed by atoms with Crippen LogP contribution in [0.15, 0.2) is 59.7 Å². The number of nitrogens with one attached hydrogen (secondary N) is 1. The quantitative estimate of drug-likeness (QED) is 0.566. The molecule has 4 rings (SSSR count). The highest BCUT2D eigenvalue weighted by atomic mass is 16.2. The Bertz CT molecular complexity index is 1240. The maximum atomic E-state index is 12.7. The van der Waals surface area contributed by atoms with Crippen molar-refractivity contribution in [1.29, 1.82) is 0 Å². The lowest BCUT2D eigenvalue weighted by molar-refractivity contribution is -0.116. The number of nitrogens with zero attached hydrogens (tertiary/aromatic N) is 5. The van der Waals surface area contributed by atoms with E-state index in [0.717, 1.165) is 22.4 Å². The van der Waals surface area contributed by atoms with Crippen molar-refractivity contribution < 1.29 is 4.79 Å². The summed E-state index contributed by atoms with van der Waals surface area (Å²) < 4.78 is 2.82. The van der Waals surface area contributed by atoms with Gasteiger partial charge in [-0.05, 0) is 36.6 Å². The van der Waals surface area contributed by atoms with Crippen LogP contribution < -0.4 is 10.9 Å². The van der Waals surface area contributed by atoms with Gasteiger partial charge in [0.1, 0.15) is 12.9 Å². The van der Waals surface area contributed by atoms with Crippen LogP contribution in [-0.4, -0.2) is 30.5 Å². The zero-order chi connectivity index (χ0) is 20.4. The van der Waals surface area contributed by atoms with Gasteiger partial charge in [0, 0.05) is 5.69 Å². The smallest absolute Gasteiger partial charge is 0.283 e. The number of aromatic nitrogens is 5. The number of benzene rings is 2. The summed E-state index contributed by atoms with van der Waals surface area (Å²) >= 11 is 0. The Labute approximate surface area is 166 Å². The van der Waals surface area contributed by atoms with Crippen molar-refractivity contribution in [2.24, 2.45) is 0 Å². The minimum absolute atomic E-state index is 0.142. The first-order valence-corrected chi connectivity index (χ1v) is 9.21. The van der Waals surface area contributed by atoms with Crippen LogP contribution >= 0.6 is 0 Å². The van der Waals surface area contributed by atoms with Crippen LogP contribution in [0.4, 0.5) is 5.69 Å². The SMILES string of the molecule is Cc1cccc(NC(=O)Cn2cnc3c(nnn3Cc3ccccc3)c2=O)c1C. The molecule has 0 atom stereocenters. The lowest BCUT2D eigenvalue weighted by Gasteiger charge is -2.11. The molecule has 1 N–H and O–H groups in total. The van der Waals surface area contributed by atoms with Gasteiger partial charge in [0.25, 0.3) is 5.56 Å². The standard InChI is InChI=1S/C21H20N6O2/c1-14-7-6-10-17(15(14)2)23-18(28)12-26-13-22-20-19(21(26)29)24-25-27(20)11-16-8-4-3-5-9-16/h3-10,13H,11-12H2,1-2H3,(H,23,28). The molecule has 0 aliphatic rings. The summed E-state index contributed by atoms with van der Waals surface area (Å²) in [7, 11) is 0. The summed E-state index contributed by atoms with van der Waals surface area (Å²) in [4.78, 5) is 29.5. The zero-order valence-electron chi connectivity index (χ0n) is 16.2. The number of amides is 1. The molecule has 0 fully saturated rings. The largest absolute Gasteiger partial charge is 0.324 e. The van der Waals surface area contributed by atoms with E-state index in [-0.39, 0.29) is 18.0 Å². The van der Waals surface area contributed by atoms with Gasteiger partial charge in [-0.25, -0.2) is 9.67 Å². The van der Waals surface area contributed by atoms with Crippen LogP contribution in [0.2, 0.25) is 0 Å². The van der Waals surface area contributed by atoms with Gasteiger partial charge in [0.15, 0.2) is 11.2 Å². The van der Waals surface area contributed by atoms with Crippen LogP contribution in [0.3, 0.4) is 0 Å². The molecule has 0 saturated heterocycles. The number of carbonyl (C=O) groups excluding carboxylic acids is 1. The van der Waals surface area contributed by atoms with Crippen molar-refractivity contribution in [3.05, 3.63) is 81.9 Å². The molecule has 2 heterocycles. The Balaban J connectivity index is 1.56. The van der Waals surface area contributed by atoms with Crippen molar-refractivity contribution in [2.75, 3.05) is 5.32 Å². The monoisotopic (exact) mass is 388 g/mol. The Morgan fingerprint density at radius 2 is 1.86 bits per heavy atom. The molecule has 29 heavy (non-hydrogen) atoms. The van der Waals surface area contributed by atoms with Crippen molar-refractivity contribution in [2.45, 2.75) is 26.9 Å². The van der Waals surface area contributed by atoms with E-state index in [0.29, 0.717) is 12.2 Å². The van der Waals surface area contributed by atoms with Crippen molar-refractivity contribution in [1.82, 2.24) is 24.5 Å². The van der Waals surface area contributed by atoms with Gasteiger partial charge in [-0.3, -0.25) is 14.2 Å². The van der Waals surface area contributed by atoms with Gasteiger partial charge in [0.05, 0.1) is 6.54 Å². The fourth-order valence-electron chi connectivity index (χ4n) is 3.09. The van der Waals surface area contributed by atoms with Crippen LogP contribution in [0.1, 0.15) is 16.7 Å². The highest BCUT2D eigenvalue weighted by molar-refractivity contribution is 5.91. The minimum atomic E-state index is -0.398. The number of aryl methyl sites for hydroxylation is 1. The van der Waals surface area contributed by atoms with E-state index < -0.39 is 5.56 Å². The molecular formula is C21H20N6O2. The van der Waals surface area contributed by atoms with E-state index in [1.807, 2.05) is 62.4 Å². The molecule has 1 amide bonds. The predicted octanol–water partition coefficient (Wildman–Crippen LogP) is 2.29. The number of hydrogen-bond acceptors (Lipinski definition) is 5. The van der Waals surface area contributed by atoms with Gasteiger partial charge in [-0.1, -0.05) is 47.7 Å². The Morgan fingerprint density at radius 3 is 2.66 bits per heavy atom. The maximum Gasteiger partial charge on any atom is 0.283 e. The van der Waals surface area contributed by atoms with E-state index >= 15 is 0 Å². The van der Waals surface area contributed by atoms with Gasteiger partial charge in [0.2, 0.25) is 5.91 Å². The van der Waals surface area contributed by atoms with Crippen molar-refractivity contribution >= 4 is 22.8 Å². The fourth-order valence-corrected chi connectivity index (χ4v) is 3.09. The molecule has 4 aromatic rings. The molecule has 8 nitrogen and oxygen atoms in total. The molecule has 0 aliphatic heterocycles. The third-order valence-electron chi connectivity index (χ3n) is 4.86. The van der Waals surface area contributed by atoms with E-state index in [4.69, 9.17) is 0 Å². The number of carbonyl (C=O) groups is 1. The molecule has 0 saturated carbocycles. The van der Waals surface area contributed by atoms with E-state index in [1.165, 1.54) is 10.9 Å². The van der Waals surface area contributed by atoms with Crippen LogP contribution in [-0.2, 0) is 17.9 Å². The first-order valence-electron chi connectivity index (χ1n) is 9.21. The molecule has 0 radical (unpaired) electrons. The molecule has 0 bridgehead atoms. The van der Waals surface area contributed by atoms with Gasteiger partial charge in [-0.2, -0.15) is 0 Å². The van der Waals surface area contributed by atoms with Crippen molar-refractivity contribution in [3.8, 4) is 0 Å². The molecule has 2 aromatic heterocycles. The Kier molecular flexibility index (Phi) is 4.90. The molecule has 0 spiro atoms. The topological polar surface area (TPSA) is 94.7 Å². The summed E-state index contributed by atoms with van der Waals surface area (Å²) in [5.74, 6) is -0.307. The molecular weight excluding hydrogens is 368 g/mol. The second kappa shape index (κ2) is 7.67. The first-order chi connectivity index (χ1) is 14.0. The van der Waals surface area contributed by atoms with Gasteiger partial charge in [-0.15, -0.1) is 5.10 Å². The molecule has 8 heteroatoms. The Morgan fingerprint density at radius 1 is 1.07 bits per heavy atom. The first kappa shape index (κ1) is 18.5. The average molecular weight is 388 g/mol. The maximum absolute atomic E-state index is 12.7. The zero-order valence-corrected chi connectivity index (χ0v) is 16.2. The lowest BCUT2D eigenvalue weighted by Crippen LogP contribution is -2.28. The molecule has 0 unspecified atom stereocenters. The van der Waals surface area contributed by atoms with E-state index in [2.05, 4.69) is 20.6 Å². The average Bonchev–Trinajstić information content (AvgIpc) is 3.12. The summed E-state index contributed by atoms with van der Waals surface area (Å²) in [6.07, 6.45) is 1.36. The Hall–Kier alpha value is -3.81. The normalized spacial score (nSPS) is 11.0. The highest BCUT2D eigenvalue weighted by Crippen LogP contribution is 2.17. The molecule has 146 valence electrons. The highest BCUT2D eigenvalue weighted by Gasteiger charge is 2.14. The summed E-state index contributed by atoms with van der Waals surface area (Å²) in [6, 6.07) is 15.4. The summed E-state index contributed by atoms with van der Waals surface area (Å²) in [5, 5.41) is 10.9. The van der Waals surface area contributed by atoms with Gasteiger partial charge < -0.3 is 5.32 Å². The second-order valence-corrected chi connectivity index (χ2v) is 6.88. The third kappa shape index (κ3) is 3.77.